The van der Waals surface area contributed by atoms with Gasteiger partial charge in [0.2, 0.25) is 0 Å². The fourth-order valence-corrected chi connectivity index (χ4v) is 1.84. The van der Waals surface area contributed by atoms with Gasteiger partial charge in [-0.05, 0) is 19.1 Å². The summed E-state index contributed by atoms with van der Waals surface area (Å²) >= 11 is 0. The van der Waals surface area contributed by atoms with Gasteiger partial charge in [-0.25, -0.2) is 4.98 Å². The zero-order chi connectivity index (χ0) is 11.8. The molecule has 0 unspecified atom stereocenters. The Morgan fingerprint density at radius 2 is 2.12 bits per heavy atom. The van der Waals surface area contributed by atoms with E-state index in [0.717, 1.165) is 27.9 Å². The molecular formula is C12H11N5. The molecule has 0 saturated carbocycles. The third-order valence-electron chi connectivity index (χ3n) is 2.64. The number of rotatable bonds is 1. The van der Waals surface area contributed by atoms with Crippen LogP contribution in [0.15, 0.2) is 30.6 Å². The van der Waals surface area contributed by atoms with E-state index in [1.165, 1.54) is 0 Å². The number of aryl methyl sites for hydroxylation is 1. The second-order valence-corrected chi connectivity index (χ2v) is 3.91. The summed E-state index contributed by atoms with van der Waals surface area (Å²) in [5, 5.41) is 8.22. The van der Waals surface area contributed by atoms with Gasteiger partial charge in [-0.15, -0.1) is 0 Å². The highest BCUT2D eigenvalue weighted by Gasteiger charge is 2.08. The fourth-order valence-electron chi connectivity index (χ4n) is 1.84. The molecule has 17 heavy (non-hydrogen) atoms. The maximum Gasteiger partial charge on any atom is 0.125 e. The highest BCUT2D eigenvalue weighted by Crippen LogP contribution is 2.26. The zero-order valence-electron chi connectivity index (χ0n) is 9.31. The Labute approximate surface area is 97.7 Å². The first-order chi connectivity index (χ1) is 8.24. The van der Waals surface area contributed by atoms with Crippen LogP contribution in [0.25, 0.3) is 22.2 Å². The Morgan fingerprint density at radius 1 is 1.24 bits per heavy atom. The van der Waals surface area contributed by atoms with E-state index in [1.54, 1.807) is 18.5 Å². The number of aromatic amines is 1. The van der Waals surface area contributed by atoms with Crippen LogP contribution in [-0.4, -0.2) is 20.2 Å². The van der Waals surface area contributed by atoms with Crippen molar-refractivity contribution in [1.82, 2.24) is 20.2 Å². The fraction of sp³-hybridized carbons (Fsp3) is 0.0833. The van der Waals surface area contributed by atoms with Crippen LogP contribution in [0, 0.1) is 6.92 Å². The Bertz CT molecular complexity index is 686. The summed E-state index contributed by atoms with van der Waals surface area (Å²) in [6.45, 7) is 1.95. The molecule has 0 fully saturated rings. The van der Waals surface area contributed by atoms with Crippen LogP contribution >= 0.6 is 0 Å². The van der Waals surface area contributed by atoms with Crippen LogP contribution in [0.2, 0.25) is 0 Å². The summed E-state index contributed by atoms with van der Waals surface area (Å²) in [6.07, 6.45) is 3.51. The molecule has 0 aromatic carbocycles. The average Bonchev–Trinajstić information content (AvgIpc) is 2.71. The standard InChI is InChI=1S/C12H11N5/c1-7-4-8(2-3-14-7)12-9-6-15-11(13)5-10(9)16-17-12/h2-6H,1H3,(H2,13,15)(H,16,17). The average molecular weight is 225 g/mol. The Balaban J connectivity index is 2.24. The molecule has 3 aromatic rings. The lowest BCUT2D eigenvalue weighted by atomic mass is 10.1. The lowest BCUT2D eigenvalue weighted by molar-refractivity contribution is 1.12. The van der Waals surface area contributed by atoms with Gasteiger partial charge in [-0.1, -0.05) is 0 Å². The second kappa shape index (κ2) is 3.55. The monoisotopic (exact) mass is 225 g/mol. The number of H-pyrrole nitrogens is 1. The summed E-state index contributed by atoms with van der Waals surface area (Å²) < 4.78 is 0. The number of hydrogen-bond donors (Lipinski definition) is 2. The SMILES string of the molecule is Cc1cc(-c2n[nH]c3cc(N)ncc23)ccn1. The van der Waals surface area contributed by atoms with Gasteiger partial charge in [0.1, 0.15) is 11.5 Å². The molecule has 0 aliphatic heterocycles. The van der Waals surface area contributed by atoms with Crippen molar-refractivity contribution in [3.8, 4) is 11.3 Å². The molecule has 3 rings (SSSR count). The smallest absolute Gasteiger partial charge is 0.125 e. The van der Waals surface area contributed by atoms with Crippen molar-refractivity contribution < 1.29 is 0 Å². The molecule has 0 aliphatic carbocycles. The maximum atomic E-state index is 5.63. The minimum Gasteiger partial charge on any atom is -0.384 e. The molecule has 0 amide bonds. The molecule has 3 N–H and O–H groups in total. The van der Waals surface area contributed by atoms with E-state index in [9.17, 15) is 0 Å². The van der Waals surface area contributed by atoms with E-state index in [4.69, 9.17) is 5.73 Å². The van der Waals surface area contributed by atoms with Crippen LogP contribution in [-0.2, 0) is 0 Å². The van der Waals surface area contributed by atoms with Crippen LogP contribution in [0.3, 0.4) is 0 Å². The summed E-state index contributed by atoms with van der Waals surface area (Å²) in [6, 6.07) is 5.70. The van der Waals surface area contributed by atoms with E-state index >= 15 is 0 Å². The van der Waals surface area contributed by atoms with Crippen molar-refractivity contribution in [3.05, 3.63) is 36.3 Å². The predicted octanol–water partition coefficient (Wildman–Crippen LogP) is 1.91. The second-order valence-electron chi connectivity index (χ2n) is 3.91. The van der Waals surface area contributed by atoms with Crippen molar-refractivity contribution in [2.24, 2.45) is 0 Å². The zero-order valence-corrected chi connectivity index (χ0v) is 9.31. The van der Waals surface area contributed by atoms with E-state index in [1.807, 2.05) is 19.1 Å². The van der Waals surface area contributed by atoms with Crippen LogP contribution in [0.5, 0.6) is 0 Å². The van der Waals surface area contributed by atoms with Crippen molar-refractivity contribution >= 4 is 16.7 Å². The van der Waals surface area contributed by atoms with Crippen molar-refractivity contribution in [3.63, 3.8) is 0 Å². The molecule has 84 valence electrons. The largest absolute Gasteiger partial charge is 0.384 e. The first kappa shape index (κ1) is 9.77. The molecule has 0 saturated heterocycles. The minimum atomic E-state index is 0.485. The lowest BCUT2D eigenvalue weighted by Crippen LogP contribution is -1.88. The first-order valence-corrected chi connectivity index (χ1v) is 5.26. The summed E-state index contributed by atoms with van der Waals surface area (Å²) in [4.78, 5) is 8.26. The summed E-state index contributed by atoms with van der Waals surface area (Å²) in [5.41, 5.74) is 9.37. The molecular weight excluding hydrogens is 214 g/mol. The normalized spacial score (nSPS) is 10.9. The number of aromatic nitrogens is 4. The van der Waals surface area contributed by atoms with Crippen molar-refractivity contribution in [1.29, 1.82) is 0 Å². The molecule has 0 bridgehead atoms. The Morgan fingerprint density at radius 3 is 2.94 bits per heavy atom. The number of hydrogen-bond acceptors (Lipinski definition) is 4. The topological polar surface area (TPSA) is 80.5 Å². The van der Waals surface area contributed by atoms with Gasteiger partial charge in [-0.2, -0.15) is 5.10 Å². The molecule has 5 nitrogen and oxygen atoms in total. The predicted molar refractivity (Wildman–Crippen MR) is 66.3 cm³/mol. The third-order valence-corrected chi connectivity index (χ3v) is 2.64. The maximum absolute atomic E-state index is 5.63. The van der Waals surface area contributed by atoms with Gasteiger partial charge in [0.15, 0.2) is 0 Å². The van der Waals surface area contributed by atoms with Gasteiger partial charge < -0.3 is 5.73 Å². The number of anilines is 1. The number of nitrogens with zero attached hydrogens (tertiary/aromatic N) is 3. The highest BCUT2D eigenvalue weighted by atomic mass is 15.1. The molecule has 0 aliphatic rings. The molecule has 5 heteroatoms. The number of fused-ring (bicyclic) bond motifs is 1. The first-order valence-electron chi connectivity index (χ1n) is 5.26. The number of nitrogens with two attached hydrogens (primary N) is 1. The number of pyridine rings is 2. The minimum absolute atomic E-state index is 0.485. The van der Waals surface area contributed by atoms with Crippen LogP contribution in [0.1, 0.15) is 5.69 Å². The van der Waals surface area contributed by atoms with Gasteiger partial charge in [0.25, 0.3) is 0 Å². The Hall–Kier alpha value is -2.43. The third kappa shape index (κ3) is 1.61. The highest BCUT2D eigenvalue weighted by molar-refractivity contribution is 5.93. The van der Waals surface area contributed by atoms with E-state index in [2.05, 4.69) is 20.2 Å². The number of nitrogens with one attached hydrogen (secondary N) is 1. The quantitative estimate of drug-likeness (QED) is 0.663. The van der Waals surface area contributed by atoms with E-state index < -0.39 is 0 Å². The van der Waals surface area contributed by atoms with Gasteiger partial charge in [0.05, 0.1) is 5.52 Å². The Kier molecular flexibility index (Phi) is 2.04. The molecule has 3 aromatic heterocycles. The molecule has 0 atom stereocenters. The lowest BCUT2D eigenvalue weighted by Gasteiger charge is -1.98. The van der Waals surface area contributed by atoms with Crippen molar-refractivity contribution in [2.75, 3.05) is 5.73 Å². The number of nitrogen functional groups attached to an aromatic ring is 1. The van der Waals surface area contributed by atoms with Gasteiger partial charge in [0, 0.05) is 35.1 Å². The van der Waals surface area contributed by atoms with Crippen LogP contribution < -0.4 is 5.73 Å². The van der Waals surface area contributed by atoms with E-state index in [-0.39, 0.29) is 0 Å². The summed E-state index contributed by atoms with van der Waals surface area (Å²) in [7, 11) is 0. The molecule has 0 radical (unpaired) electrons. The van der Waals surface area contributed by atoms with E-state index in [0.29, 0.717) is 5.82 Å². The van der Waals surface area contributed by atoms with Gasteiger partial charge in [-0.3, -0.25) is 10.1 Å². The summed E-state index contributed by atoms with van der Waals surface area (Å²) in [5.74, 6) is 0.485. The van der Waals surface area contributed by atoms with Crippen LogP contribution in [0.4, 0.5) is 5.82 Å². The van der Waals surface area contributed by atoms with Crippen molar-refractivity contribution in [2.45, 2.75) is 6.92 Å². The molecule has 0 spiro atoms. The molecule has 3 heterocycles. The van der Waals surface area contributed by atoms with Gasteiger partial charge >= 0.3 is 0 Å².